The maximum absolute atomic E-state index is 13.2. The molecule has 1 aliphatic rings. The highest BCUT2D eigenvalue weighted by molar-refractivity contribution is 5.94. The van der Waals surface area contributed by atoms with Gasteiger partial charge in [0.2, 0.25) is 0 Å². The molecule has 0 radical (unpaired) electrons. The molecule has 3 aromatic heterocycles. The summed E-state index contributed by atoms with van der Waals surface area (Å²) in [5.41, 5.74) is 4.75. The van der Waals surface area contributed by atoms with Gasteiger partial charge in [-0.25, -0.2) is 0 Å². The molecule has 0 bridgehead atoms. The van der Waals surface area contributed by atoms with Gasteiger partial charge in [0.15, 0.2) is 5.65 Å². The monoisotopic (exact) mass is 338 g/mol. The van der Waals surface area contributed by atoms with Crippen LogP contribution in [-0.4, -0.2) is 41.7 Å². The van der Waals surface area contributed by atoms with Crippen LogP contribution in [0.1, 0.15) is 52.0 Å². The lowest BCUT2D eigenvalue weighted by atomic mass is 10.0. The van der Waals surface area contributed by atoms with Crippen LogP contribution in [0.15, 0.2) is 18.3 Å². The number of hydrogen-bond acceptors (Lipinski definition) is 4. The predicted molar refractivity (Wildman–Crippen MR) is 93.4 cm³/mol. The number of amides is 1. The highest BCUT2D eigenvalue weighted by Gasteiger charge is 2.34. The van der Waals surface area contributed by atoms with Gasteiger partial charge in [0, 0.05) is 31.0 Å². The van der Waals surface area contributed by atoms with E-state index in [0.29, 0.717) is 5.56 Å². The van der Waals surface area contributed by atoms with Crippen LogP contribution >= 0.6 is 0 Å². The Labute approximate surface area is 146 Å². The second-order valence-electron chi connectivity index (χ2n) is 6.76. The van der Waals surface area contributed by atoms with Crippen molar-refractivity contribution in [1.82, 2.24) is 29.3 Å². The predicted octanol–water partition coefficient (Wildman–Crippen LogP) is 2.37. The summed E-state index contributed by atoms with van der Waals surface area (Å²) in [5.74, 6) is 0.835. The van der Waals surface area contributed by atoms with Gasteiger partial charge in [-0.1, -0.05) is 0 Å². The lowest BCUT2D eigenvalue weighted by molar-refractivity contribution is 0.0734. The Morgan fingerprint density at radius 2 is 2.00 bits per heavy atom. The third kappa shape index (κ3) is 2.42. The molecule has 0 saturated carbocycles. The molecular formula is C18H22N6O. The van der Waals surface area contributed by atoms with Crippen LogP contribution in [0.5, 0.6) is 0 Å². The SMILES string of the molecule is Cc1nn(C)c(C)c1[C@H]1CCCN1C(=O)c1ccc2nnc(C)n2c1. The smallest absolute Gasteiger partial charge is 0.255 e. The van der Waals surface area contributed by atoms with Crippen molar-refractivity contribution in [2.45, 2.75) is 39.7 Å². The molecule has 4 rings (SSSR count). The number of rotatable bonds is 2. The number of hydrogen-bond donors (Lipinski definition) is 0. The maximum atomic E-state index is 13.2. The minimum absolute atomic E-state index is 0.0557. The van der Waals surface area contributed by atoms with Crippen LogP contribution in [0.4, 0.5) is 0 Å². The van der Waals surface area contributed by atoms with Gasteiger partial charge in [-0.15, -0.1) is 10.2 Å². The van der Waals surface area contributed by atoms with E-state index in [2.05, 4.69) is 22.2 Å². The number of nitrogens with zero attached hydrogens (tertiary/aromatic N) is 6. The normalized spacial score (nSPS) is 17.6. The lowest BCUT2D eigenvalue weighted by Gasteiger charge is -2.25. The number of pyridine rings is 1. The van der Waals surface area contributed by atoms with E-state index < -0.39 is 0 Å². The first-order valence-corrected chi connectivity index (χ1v) is 8.60. The summed E-state index contributed by atoms with van der Waals surface area (Å²) in [5, 5.41) is 12.7. The first kappa shape index (κ1) is 15.8. The number of carbonyl (C=O) groups is 1. The molecule has 0 unspecified atom stereocenters. The molecule has 1 fully saturated rings. The number of aromatic nitrogens is 5. The molecule has 25 heavy (non-hydrogen) atoms. The van der Waals surface area contributed by atoms with Crippen LogP contribution < -0.4 is 0 Å². The standard InChI is InChI=1S/C18H22N6O/c1-11-17(12(2)22(4)21-11)15-6-5-9-23(15)18(25)14-7-8-16-20-19-13(3)24(16)10-14/h7-8,10,15H,5-6,9H2,1-4H3/t15-/m1/s1. The zero-order chi connectivity index (χ0) is 17.7. The zero-order valence-electron chi connectivity index (χ0n) is 15.0. The molecule has 1 saturated heterocycles. The van der Waals surface area contributed by atoms with Gasteiger partial charge in [-0.2, -0.15) is 5.10 Å². The Morgan fingerprint density at radius 3 is 2.72 bits per heavy atom. The number of likely N-dealkylation sites (tertiary alicyclic amines) is 1. The van der Waals surface area contributed by atoms with Crippen molar-refractivity contribution in [3.05, 3.63) is 46.7 Å². The lowest BCUT2D eigenvalue weighted by Crippen LogP contribution is -2.31. The average Bonchev–Trinajstić information content (AvgIpc) is 3.27. The van der Waals surface area contributed by atoms with Gasteiger partial charge in [-0.05, 0) is 45.7 Å². The molecule has 0 aliphatic carbocycles. The van der Waals surface area contributed by atoms with Gasteiger partial charge in [-0.3, -0.25) is 13.9 Å². The largest absolute Gasteiger partial charge is 0.331 e. The number of fused-ring (bicyclic) bond motifs is 1. The summed E-state index contributed by atoms with van der Waals surface area (Å²) in [6, 6.07) is 3.78. The third-order valence-corrected chi connectivity index (χ3v) is 5.23. The molecule has 7 heteroatoms. The molecule has 4 heterocycles. The second-order valence-corrected chi connectivity index (χ2v) is 6.76. The summed E-state index contributed by atoms with van der Waals surface area (Å²) < 4.78 is 3.76. The average molecular weight is 338 g/mol. The van der Waals surface area contributed by atoms with Crippen molar-refractivity contribution in [3.8, 4) is 0 Å². The first-order chi connectivity index (χ1) is 12.0. The summed E-state index contributed by atoms with van der Waals surface area (Å²) in [6.07, 6.45) is 3.83. The van der Waals surface area contributed by atoms with Crippen LogP contribution in [0.2, 0.25) is 0 Å². The molecule has 130 valence electrons. The Hall–Kier alpha value is -2.70. The quantitative estimate of drug-likeness (QED) is 0.719. The van der Waals surface area contributed by atoms with E-state index >= 15 is 0 Å². The van der Waals surface area contributed by atoms with Crippen LogP contribution in [0, 0.1) is 20.8 Å². The Bertz CT molecular complexity index is 970. The fraction of sp³-hybridized carbons (Fsp3) is 0.444. The molecule has 1 atom stereocenters. The Kier molecular flexibility index (Phi) is 3.59. The number of carbonyl (C=O) groups excluding carboxylic acids is 1. The minimum Gasteiger partial charge on any atom is -0.331 e. The van der Waals surface area contributed by atoms with E-state index in [4.69, 9.17) is 0 Å². The molecule has 3 aromatic rings. The molecular weight excluding hydrogens is 316 g/mol. The molecule has 7 nitrogen and oxygen atoms in total. The number of aryl methyl sites for hydroxylation is 3. The Morgan fingerprint density at radius 1 is 1.20 bits per heavy atom. The van der Waals surface area contributed by atoms with Crippen LogP contribution in [-0.2, 0) is 7.05 Å². The summed E-state index contributed by atoms with van der Waals surface area (Å²) >= 11 is 0. The van der Waals surface area contributed by atoms with E-state index in [-0.39, 0.29) is 11.9 Å². The van der Waals surface area contributed by atoms with Gasteiger partial charge < -0.3 is 4.90 Å². The zero-order valence-corrected chi connectivity index (χ0v) is 15.0. The van der Waals surface area contributed by atoms with E-state index in [0.717, 1.165) is 42.2 Å². The molecule has 0 aromatic carbocycles. The van der Waals surface area contributed by atoms with Crippen molar-refractivity contribution in [3.63, 3.8) is 0 Å². The van der Waals surface area contributed by atoms with Crippen LogP contribution in [0.25, 0.3) is 5.65 Å². The van der Waals surface area contributed by atoms with Crippen LogP contribution in [0.3, 0.4) is 0 Å². The summed E-state index contributed by atoms with van der Waals surface area (Å²) in [4.78, 5) is 15.2. The van der Waals surface area contributed by atoms with Gasteiger partial charge in [0.05, 0.1) is 17.3 Å². The van der Waals surface area contributed by atoms with Gasteiger partial charge >= 0.3 is 0 Å². The van der Waals surface area contributed by atoms with Crippen molar-refractivity contribution < 1.29 is 4.79 Å². The van der Waals surface area contributed by atoms with Crippen molar-refractivity contribution in [2.24, 2.45) is 7.05 Å². The van der Waals surface area contributed by atoms with E-state index in [1.807, 2.05) is 53.2 Å². The van der Waals surface area contributed by atoms with Crippen molar-refractivity contribution in [2.75, 3.05) is 6.54 Å². The summed E-state index contributed by atoms with van der Waals surface area (Å²) in [7, 11) is 1.95. The maximum Gasteiger partial charge on any atom is 0.255 e. The van der Waals surface area contributed by atoms with E-state index in [1.54, 1.807) is 0 Å². The highest BCUT2D eigenvalue weighted by Crippen LogP contribution is 2.36. The van der Waals surface area contributed by atoms with Crippen molar-refractivity contribution in [1.29, 1.82) is 0 Å². The topological polar surface area (TPSA) is 68.3 Å². The Balaban J connectivity index is 1.71. The first-order valence-electron chi connectivity index (χ1n) is 8.60. The van der Waals surface area contributed by atoms with E-state index in [9.17, 15) is 4.79 Å². The molecule has 0 N–H and O–H groups in total. The fourth-order valence-corrected chi connectivity index (χ4v) is 3.88. The van der Waals surface area contributed by atoms with Gasteiger partial charge in [0.1, 0.15) is 5.82 Å². The fourth-order valence-electron chi connectivity index (χ4n) is 3.88. The molecule has 0 spiro atoms. The molecule has 1 aliphatic heterocycles. The van der Waals surface area contributed by atoms with Gasteiger partial charge in [0.25, 0.3) is 5.91 Å². The third-order valence-electron chi connectivity index (χ3n) is 5.23. The van der Waals surface area contributed by atoms with Crippen molar-refractivity contribution >= 4 is 11.6 Å². The minimum atomic E-state index is 0.0557. The molecule has 1 amide bonds. The second kappa shape index (κ2) is 5.68. The van der Waals surface area contributed by atoms with E-state index in [1.165, 1.54) is 5.56 Å². The highest BCUT2D eigenvalue weighted by atomic mass is 16.2. The summed E-state index contributed by atoms with van der Waals surface area (Å²) in [6.45, 7) is 6.75.